The first-order chi connectivity index (χ1) is 6.68. The number of hydrogen-bond acceptors (Lipinski definition) is 4. The van der Waals surface area contributed by atoms with Crippen molar-refractivity contribution >= 4 is 0 Å². The quantitative estimate of drug-likeness (QED) is 0.767. The van der Waals surface area contributed by atoms with E-state index in [2.05, 4.69) is 19.6 Å². The van der Waals surface area contributed by atoms with Crippen LogP contribution in [0.15, 0.2) is 21.8 Å². The number of aromatic nitrogens is 4. The molecule has 0 atom stereocenters. The molecule has 2 rings (SSSR count). The van der Waals surface area contributed by atoms with E-state index < -0.39 is 5.76 Å². The van der Waals surface area contributed by atoms with E-state index in [0.717, 1.165) is 5.69 Å². The van der Waals surface area contributed by atoms with Crippen LogP contribution in [0.3, 0.4) is 0 Å². The summed E-state index contributed by atoms with van der Waals surface area (Å²) in [5.74, 6) is -0.155. The van der Waals surface area contributed by atoms with Crippen molar-refractivity contribution in [3.8, 4) is 11.5 Å². The fourth-order valence-electron chi connectivity index (χ4n) is 1.24. The summed E-state index contributed by atoms with van der Waals surface area (Å²) in [5.41, 5.74) is 0.742. The number of rotatable bonds is 2. The highest BCUT2D eigenvalue weighted by atomic mass is 16.5. The van der Waals surface area contributed by atoms with Crippen molar-refractivity contribution in [1.29, 1.82) is 0 Å². The Morgan fingerprint density at radius 3 is 2.93 bits per heavy atom. The maximum atomic E-state index is 10.8. The molecule has 0 unspecified atom stereocenters. The van der Waals surface area contributed by atoms with E-state index in [0.29, 0.717) is 5.82 Å². The third-order valence-corrected chi connectivity index (χ3v) is 1.91. The average molecular weight is 194 g/mol. The van der Waals surface area contributed by atoms with Gasteiger partial charge < -0.3 is 4.57 Å². The van der Waals surface area contributed by atoms with Gasteiger partial charge in [0.05, 0.1) is 12.5 Å². The van der Waals surface area contributed by atoms with Gasteiger partial charge in [-0.15, -0.1) is 0 Å². The van der Waals surface area contributed by atoms with Gasteiger partial charge in [-0.05, 0) is 13.8 Å². The third kappa shape index (κ3) is 1.34. The number of hydrogen-bond donors (Lipinski definition) is 1. The zero-order valence-corrected chi connectivity index (χ0v) is 7.89. The van der Waals surface area contributed by atoms with E-state index >= 15 is 0 Å². The lowest BCUT2D eigenvalue weighted by atomic mass is 10.3. The Morgan fingerprint density at radius 2 is 2.36 bits per heavy atom. The van der Waals surface area contributed by atoms with Gasteiger partial charge in [0, 0.05) is 6.04 Å². The number of nitrogens with one attached hydrogen (secondary N) is 1. The molecule has 0 saturated heterocycles. The molecule has 74 valence electrons. The molecule has 0 fully saturated rings. The minimum absolute atomic E-state index is 0.257. The SMILES string of the molecule is CC(C)n1cncc1-c1noc(=O)[nH]1. The minimum atomic E-state index is -0.559. The number of aromatic amines is 1. The molecule has 2 heterocycles. The largest absolute Gasteiger partial charge is 0.439 e. The summed E-state index contributed by atoms with van der Waals surface area (Å²) in [7, 11) is 0. The van der Waals surface area contributed by atoms with Crippen LogP contribution in [0.5, 0.6) is 0 Å². The van der Waals surface area contributed by atoms with Crippen molar-refractivity contribution < 1.29 is 4.52 Å². The van der Waals surface area contributed by atoms with Crippen molar-refractivity contribution in [2.75, 3.05) is 0 Å². The highest BCUT2D eigenvalue weighted by Gasteiger charge is 2.11. The fourth-order valence-corrected chi connectivity index (χ4v) is 1.24. The van der Waals surface area contributed by atoms with Crippen LogP contribution in [0.1, 0.15) is 19.9 Å². The molecule has 0 amide bonds. The second kappa shape index (κ2) is 3.13. The third-order valence-electron chi connectivity index (χ3n) is 1.91. The topological polar surface area (TPSA) is 76.7 Å². The van der Waals surface area contributed by atoms with Crippen molar-refractivity contribution in [1.82, 2.24) is 19.7 Å². The first kappa shape index (κ1) is 8.74. The van der Waals surface area contributed by atoms with Gasteiger partial charge in [-0.25, -0.2) is 9.78 Å². The van der Waals surface area contributed by atoms with Crippen LogP contribution in [-0.4, -0.2) is 19.7 Å². The summed E-state index contributed by atoms with van der Waals surface area (Å²) in [6.45, 7) is 4.03. The normalized spacial score (nSPS) is 11.1. The van der Waals surface area contributed by atoms with Gasteiger partial charge in [-0.1, -0.05) is 5.16 Å². The van der Waals surface area contributed by atoms with E-state index in [9.17, 15) is 4.79 Å². The molecule has 1 N–H and O–H groups in total. The maximum absolute atomic E-state index is 10.8. The Kier molecular flexibility index (Phi) is 1.95. The monoisotopic (exact) mass is 194 g/mol. The van der Waals surface area contributed by atoms with E-state index in [1.54, 1.807) is 12.5 Å². The van der Waals surface area contributed by atoms with Crippen LogP contribution in [0, 0.1) is 0 Å². The van der Waals surface area contributed by atoms with E-state index in [-0.39, 0.29) is 6.04 Å². The Balaban J connectivity index is 2.51. The van der Waals surface area contributed by atoms with Gasteiger partial charge in [0.1, 0.15) is 5.69 Å². The van der Waals surface area contributed by atoms with E-state index in [1.807, 2.05) is 18.4 Å². The molecule has 2 aromatic heterocycles. The van der Waals surface area contributed by atoms with Crippen molar-refractivity contribution in [2.24, 2.45) is 0 Å². The van der Waals surface area contributed by atoms with Crippen LogP contribution in [0.2, 0.25) is 0 Å². The lowest BCUT2D eigenvalue weighted by Crippen LogP contribution is -2.02. The van der Waals surface area contributed by atoms with Gasteiger partial charge in [0.25, 0.3) is 0 Å². The second-order valence-electron chi connectivity index (χ2n) is 3.22. The van der Waals surface area contributed by atoms with Gasteiger partial charge in [0.2, 0.25) is 5.82 Å². The number of H-pyrrole nitrogens is 1. The summed E-state index contributed by atoms with van der Waals surface area (Å²) in [5, 5.41) is 3.60. The van der Waals surface area contributed by atoms with Crippen LogP contribution in [-0.2, 0) is 0 Å². The predicted molar refractivity (Wildman–Crippen MR) is 48.7 cm³/mol. The van der Waals surface area contributed by atoms with Crippen molar-refractivity contribution in [3.05, 3.63) is 23.1 Å². The predicted octanol–water partition coefficient (Wildman–Crippen LogP) is 0.807. The zero-order chi connectivity index (χ0) is 10.1. The summed E-state index contributed by atoms with van der Waals surface area (Å²) < 4.78 is 6.32. The molecule has 0 bridgehead atoms. The number of nitrogens with zero attached hydrogens (tertiary/aromatic N) is 3. The summed E-state index contributed by atoms with van der Waals surface area (Å²) in [6, 6.07) is 0.257. The fraction of sp³-hybridized carbons (Fsp3) is 0.375. The van der Waals surface area contributed by atoms with Gasteiger partial charge in [-0.3, -0.25) is 9.51 Å². The minimum Gasteiger partial charge on any atom is -0.325 e. The van der Waals surface area contributed by atoms with Crippen LogP contribution in [0.4, 0.5) is 0 Å². The molecular weight excluding hydrogens is 184 g/mol. The summed E-state index contributed by atoms with van der Waals surface area (Å²) in [6.07, 6.45) is 3.32. The van der Waals surface area contributed by atoms with E-state index in [1.165, 1.54) is 0 Å². The molecule has 0 aliphatic rings. The van der Waals surface area contributed by atoms with Crippen molar-refractivity contribution in [2.45, 2.75) is 19.9 Å². The lowest BCUT2D eigenvalue weighted by molar-refractivity contribution is 0.387. The molecule has 2 aromatic rings. The lowest BCUT2D eigenvalue weighted by Gasteiger charge is -2.08. The molecule has 0 aliphatic heterocycles. The molecule has 0 spiro atoms. The molecule has 6 nitrogen and oxygen atoms in total. The molecule has 14 heavy (non-hydrogen) atoms. The molecule has 6 heteroatoms. The molecule has 0 aromatic carbocycles. The summed E-state index contributed by atoms with van der Waals surface area (Å²) in [4.78, 5) is 17.2. The maximum Gasteiger partial charge on any atom is 0.439 e. The Morgan fingerprint density at radius 1 is 1.57 bits per heavy atom. The molecule has 0 aliphatic carbocycles. The highest BCUT2D eigenvalue weighted by Crippen LogP contribution is 2.17. The Bertz CT molecular complexity index is 479. The van der Waals surface area contributed by atoms with E-state index in [4.69, 9.17) is 0 Å². The smallest absolute Gasteiger partial charge is 0.325 e. The highest BCUT2D eigenvalue weighted by molar-refractivity contribution is 5.47. The van der Waals surface area contributed by atoms with Gasteiger partial charge in [0.15, 0.2) is 0 Å². The summed E-state index contributed by atoms with van der Waals surface area (Å²) >= 11 is 0. The molecule has 0 saturated carbocycles. The molecule has 0 radical (unpaired) electrons. The molecular formula is C8H10N4O2. The Labute approximate surface area is 79.6 Å². The standard InChI is InChI=1S/C8H10N4O2/c1-5(2)12-4-9-3-6(12)7-10-8(13)14-11-7/h3-5H,1-2H3,(H,10,11,13). The zero-order valence-electron chi connectivity index (χ0n) is 7.89. The number of imidazole rings is 1. The first-order valence-electron chi connectivity index (χ1n) is 4.26. The van der Waals surface area contributed by atoms with Gasteiger partial charge in [-0.2, -0.15) is 0 Å². The van der Waals surface area contributed by atoms with Gasteiger partial charge >= 0.3 is 5.76 Å². The van der Waals surface area contributed by atoms with Crippen LogP contribution in [0.25, 0.3) is 11.5 Å². The Hall–Kier alpha value is -1.85. The van der Waals surface area contributed by atoms with Crippen molar-refractivity contribution in [3.63, 3.8) is 0 Å². The second-order valence-corrected chi connectivity index (χ2v) is 3.22. The average Bonchev–Trinajstić information content (AvgIpc) is 2.70. The van der Waals surface area contributed by atoms with Crippen LogP contribution < -0.4 is 5.76 Å². The first-order valence-corrected chi connectivity index (χ1v) is 4.26. The van der Waals surface area contributed by atoms with Crippen LogP contribution >= 0.6 is 0 Å².